The second-order valence-corrected chi connectivity index (χ2v) is 10.3. The number of hydrogen-bond donors (Lipinski definition) is 2. The molecular weight excluding hydrogens is 466 g/mol. The van der Waals surface area contributed by atoms with Crippen molar-refractivity contribution < 1.29 is 19.4 Å². The van der Waals surface area contributed by atoms with Gasteiger partial charge in [0.15, 0.2) is 5.88 Å². The fourth-order valence-electron chi connectivity index (χ4n) is 4.69. The van der Waals surface area contributed by atoms with Crippen molar-refractivity contribution >= 4 is 11.8 Å². The van der Waals surface area contributed by atoms with Crippen LogP contribution in [0.3, 0.4) is 0 Å². The molecule has 7 heteroatoms. The molecule has 1 atom stereocenters. The van der Waals surface area contributed by atoms with E-state index >= 15 is 0 Å². The monoisotopic (exact) mass is 501 g/mol. The van der Waals surface area contributed by atoms with Crippen molar-refractivity contribution in [3.8, 4) is 17.0 Å². The molecule has 0 spiro atoms. The molecule has 3 N–H and O–H groups in total. The number of benzene rings is 2. The maximum atomic E-state index is 12.3. The molecule has 0 bridgehead atoms. The number of carboxylic acids is 1. The molecule has 1 aliphatic rings. The molecule has 0 radical (unpaired) electrons. The van der Waals surface area contributed by atoms with Gasteiger partial charge in [-0.3, -0.25) is 0 Å². The number of rotatable bonds is 8. The summed E-state index contributed by atoms with van der Waals surface area (Å²) in [7, 11) is 0. The summed E-state index contributed by atoms with van der Waals surface area (Å²) < 4.78 is 12.1. The van der Waals surface area contributed by atoms with Gasteiger partial charge in [0.2, 0.25) is 0 Å². The molecule has 7 nitrogen and oxygen atoms in total. The summed E-state index contributed by atoms with van der Waals surface area (Å²) in [6.07, 6.45) is 1.71. The number of ether oxygens (including phenoxy) is 2. The molecule has 2 aromatic carbocycles. The highest BCUT2D eigenvalue weighted by atomic mass is 16.5. The molecule has 194 valence electrons. The topological polar surface area (TPSA) is 97.9 Å². The molecule has 1 unspecified atom stereocenters. The molecule has 0 saturated carbocycles. The number of nitrogens with two attached hydrogens (primary N) is 1. The quantitative estimate of drug-likeness (QED) is 0.361. The molecule has 1 aromatic heterocycles. The summed E-state index contributed by atoms with van der Waals surface area (Å²) in [5.74, 6) is 0.101. The molecule has 0 amide bonds. The minimum Gasteiger partial charge on any atom is -0.488 e. The van der Waals surface area contributed by atoms with E-state index in [1.807, 2.05) is 81.4 Å². The van der Waals surface area contributed by atoms with Crippen LogP contribution in [0.25, 0.3) is 11.3 Å². The van der Waals surface area contributed by atoms with Crippen LogP contribution in [-0.4, -0.2) is 39.7 Å². The zero-order valence-corrected chi connectivity index (χ0v) is 21.7. The van der Waals surface area contributed by atoms with Crippen molar-refractivity contribution in [2.75, 3.05) is 18.8 Å². The zero-order chi connectivity index (χ0) is 26.6. The van der Waals surface area contributed by atoms with E-state index in [-0.39, 0.29) is 22.9 Å². The van der Waals surface area contributed by atoms with Crippen LogP contribution in [0.1, 0.15) is 61.0 Å². The summed E-state index contributed by atoms with van der Waals surface area (Å²) in [4.78, 5) is 18.8. The molecule has 1 saturated heterocycles. The van der Waals surface area contributed by atoms with Gasteiger partial charge in [0, 0.05) is 24.6 Å². The minimum absolute atomic E-state index is 0.000228. The second-order valence-electron chi connectivity index (χ2n) is 10.3. The first-order valence-electron chi connectivity index (χ1n) is 12.5. The number of aromatic carboxylic acids is 1. The van der Waals surface area contributed by atoms with Crippen molar-refractivity contribution in [2.45, 2.75) is 51.7 Å². The number of carboxylic acid groups (broad SMARTS) is 1. The van der Waals surface area contributed by atoms with Gasteiger partial charge in [0.25, 0.3) is 0 Å². The van der Waals surface area contributed by atoms with Crippen LogP contribution in [-0.2, 0) is 11.3 Å². The van der Waals surface area contributed by atoms with Crippen LogP contribution >= 0.6 is 0 Å². The number of nitrogens with zero attached hydrogens (tertiary/aromatic N) is 2. The Hall–Kier alpha value is -4.00. The molecule has 4 rings (SSSR count). The third kappa shape index (κ3) is 6.42. The van der Waals surface area contributed by atoms with Crippen molar-refractivity contribution in [3.63, 3.8) is 0 Å². The number of piperidine rings is 1. The van der Waals surface area contributed by atoms with Gasteiger partial charge in [-0.15, -0.1) is 0 Å². The Morgan fingerprint density at radius 2 is 1.86 bits per heavy atom. The van der Waals surface area contributed by atoms with Gasteiger partial charge in [0.05, 0.1) is 5.69 Å². The number of carbonyl (C=O) groups is 1. The summed E-state index contributed by atoms with van der Waals surface area (Å²) in [6.45, 7) is 11.9. The molecule has 1 aliphatic heterocycles. The maximum absolute atomic E-state index is 12.3. The van der Waals surface area contributed by atoms with E-state index < -0.39 is 5.97 Å². The van der Waals surface area contributed by atoms with Gasteiger partial charge >= 0.3 is 5.97 Å². The van der Waals surface area contributed by atoms with Crippen molar-refractivity contribution in [1.29, 1.82) is 0 Å². The number of para-hydroxylation sites is 1. The van der Waals surface area contributed by atoms with E-state index in [1.165, 1.54) is 0 Å². The van der Waals surface area contributed by atoms with Crippen LogP contribution in [0.4, 0.5) is 5.82 Å². The van der Waals surface area contributed by atoms with E-state index in [0.717, 1.165) is 30.5 Å². The Balaban J connectivity index is 1.67. The average molecular weight is 502 g/mol. The first-order chi connectivity index (χ1) is 17.6. The summed E-state index contributed by atoms with van der Waals surface area (Å²) in [5, 5.41) is 10.0. The third-order valence-corrected chi connectivity index (χ3v) is 6.33. The maximum Gasteiger partial charge on any atom is 0.339 e. The predicted octanol–water partition coefficient (Wildman–Crippen LogP) is 6.07. The Kier molecular flexibility index (Phi) is 7.71. The van der Waals surface area contributed by atoms with Gasteiger partial charge in [-0.25, -0.2) is 9.78 Å². The predicted molar refractivity (Wildman–Crippen MR) is 145 cm³/mol. The van der Waals surface area contributed by atoms with Crippen LogP contribution in [0, 0.1) is 0 Å². The molecule has 1 fully saturated rings. The second kappa shape index (κ2) is 10.9. The van der Waals surface area contributed by atoms with Crippen LogP contribution in [0.2, 0.25) is 0 Å². The van der Waals surface area contributed by atoms with E-state index in [1.54, 1.807) is 0 Å². The summed E-state index contributed by atoms with van der Waals surface area (Å²) in [6, 6.07) is 19.4. The average Bonchev–Trinajstić information content (AvgIpc) is 2.86. The Morgan fingerprint density at radius 1 is 1.16 bits per heavy atom. The molecule has 0 aliphatic carbocycles. The highest BCUT2D eigenvalue weighted by molar-refractivity contribution is 5.95. The molecule has 3 aromatic rings. The number of pyridine rings is 1. The number of anilines is 1. The summed E-state index contributed by atoms with van der Waals surface area (Å²) >= 11 is 0. The van der Waals surface area contributed by atoms with Crippen LogP contribution in [0.5, 0.6) is 5.75 Å². The Bertz CT molecular complexity index is 1270. The van der Waals surface area contributed by atoms with Crippen molar-refractivity contribution in [3.05, 3.63) is 89.8 Å². The highest BCUT2D eigenvalue weighted by Gasteiger charge is 2.30. The lowest BCUT2D eigenvalue weighted by Crippen LogP contribution is -2.37. The summed E-state index contributed by atoms with van der Waals surface area (Å²) in [5.41, 5.74) is 9.02. The van der Waals surface area contributed by atoms with Gasteiger partial charge in [-0.05, 0) is 69.5 Å². The fraction of sp³-hybridized carbons (Fsp3) is 0.333. The first-order valence-corrected chi connectivity index (χ1v) is 12.5. The van der Waals surface area contributed by atoms with Gasteiger partial charge in [-0.2, -0.15) is 0 Å². The number of nitrogen functional groups attached to an aromatic ring is 1. The smallest absolute Gasteiger partial charge is 0.339 e. The van der Waals surface area contributed by atoms with Crippen LogP contribution < -0.4 is 10.5 Å². The fourth-order valence-corrected chi connectivity index (χ4v) is 4.69. The third-order valence-electron chi connectivity index (χ3n) is 6.33. The molecular formula is C30H35N3O4. The van der Waals surface area contributed by atoms with Gasteiger partial charge < -0.3 is 25.2 Å². The normalized spacial score (nSPS) is 15.8. The number of likely N-dealkylation sites (tertiary alicyclic amines) is 1. The standard InChI is InChI=1S/C30H35N3O4/c1-20(37-30(2,3)4)33-16-10-13-22(18-33)24-17-25(32-28(31)27(24)29(34)35)23-14-8-9-15-26(23)36-19-21-11-6-5-7-12-21/h5-9,11-12,14-15,17,22H,1,10,13,16,18-19H2,2-4H3,(H2,31,32)(H,34,35). The zero-order valence-electron chi connectivity index (χ0n) is 21.7. The van der Waals surface area contributed by atoms with E-state index in [9.17, 15) is 9.90 Å². The lowest BCUT2D eigenvalue weighted by molar-refractivity contribution is -0.00377. The van der Waals surface area contributed by atoms with Gasteiger partial charge in [-0.1, -0.05) is 42.5 Å². The SMILES string of the molecule is C=C(OC(C)(C)C)N1CCCC(c2cc(-c3ccccc3OCc3ccccc3)nc(N)c2C(=O)O)C1. The van der Waals surface area contributed by atoms with Gasteiger partial charge in [0.1, 0.15) is 29.3 Å². The first kappa shape index (κ1) is 26.1. The van der Waals surface area contributed by atoms with Crippen LogP contribution in [0.15, 0.2) is 73.1 Å². The van der Waals surface area contributed by atoms with E-state index in [2.05, 4.69) is 16.5 Å². The Morgan fingerprint density at radius 3 is 2.57 bits per heavy atom. The van der Waals surface area contributed by atoms with Crippen molar-refractivity contribution in [1.82, 2.24) is 9.88 Å². The Labute approximate surface area is 218 Å². The van der Waals surface area contributed by atoms with E-state index in [4.69, 9.17) is 15.2 Å². The van der Waals surface area contributed by atoms with E-state index in [0.29, 0.717) is 36.0 Å². The number of aromatic nitrogens is 1. The molecule has 2 heterocycles. The highest BCUT2D eigenvalue weighted by Crippen LogP contribution is 2.37. The lowest BCUT2D eigenvalue weighted by atomic mass is 9.87. The van der Waals surface area contributed by atoms with Crippen molar-refractivity contribution in [2.24, 2.45) is 0 Å². The molecule has 37 heavy (non-hydrogen) atoms. The minimum atomic E-state index is -1.08. The lowest BCUT2D eigenvalue weighted by Gasteiger charge is -2.38. The number of hydrogen-bond acceptors (Lipinski definition) is 6. The largest absolute Gasteiger partial charge is 0.488 e.